The Balaban J connectivity index is 2.29. The van der Waals surface area contributed by atoms with Gasteiger partial charge in [0.25, 0.3) is 5.91 Å². The molecule has 1 N–H and O–H groups in total. The molecule has 0 unspecified atom stereocenters. The number of carbonyl (C=O) groups is 2. The molecule has 0 aromatic heterocycles. The lowest BCUT2D eigenvalue weighted by molar-refractivity contribution is -0.118. The average Bonchev–Trinajstić information content (AvgIpc) is 2.48. The molecule has 108 valence electrons. The van der Waals surface area contributed by atoms with Crippen LogP contribution in [-0.4, -0.2) is 11.7 Å². The molecule has 0 aliphatic rings. The standard InChI is InChI=1S/C18H19NO2/c1-3-16(20)12-14-9-7-8-13(2)17(14)18(21)19-15-10-5-4-6-11-15/h4-11H,3,12H2,1-2H3,(H,19,21). The van der Waals surface area contributed by atoms with Crippen molar-refractivity contribution in [1.29, 1.82) is 0 Å². The number of nitrogens with one attached hydrogen (secondary N) is 1. The Labute approximate surface area is 125 Å². The SMILES string of the molecule is CCC(=O)Cc1cccc(C)c1C(=O)Nc1ccccc1. The second-order valence-corrected chi connectivity index (χ2v) is 5.00. The molecule has 0 aliphatic carbocycles. The topological polar surface area (TPSA) is 46.2 Å². The van der Waals surface area contributed by atoms with E-state index in [1.165, 1.54) is 0 Å². The van der Waals surface area contributed by atoms with Gasteiger partial charge in [-0.2, -0.15) is 0 Å². The number of carbonyl (C=O) groups excluding carboxylic acids is 2. The molecule has 1 amide bonds. The summed E-state index contributed by atoms with van der Waals surface area (Å²) in [6, 6.07) is 14.9. The maximum absolute atomic E-state index is 12.5. The van der Waals surface area contributed by atoms with Crippen molar-refractivity contribution in [3.8, 4) is 0 Å². The van der Waals surface area contributed by atoms with Crippen LogP contribution in [0.25, 0.3) is 0 Å². The Hall–Kier alpha value is -2.42. The molecule has 3 nitrogen and oxygen atoms in total. The van der Waals surface area contributed by atoms with E-state index in [2.05, 4.69) is 5.32 Å². The zero-order valence-corrected chi connectivity index (χ0v) is 12.3. The van der Waals surface area contributed by atoms with E-state index in [4.69, 9.17) is 0 Å². The van der Waals surface area contributed by atoms with E-state index in [0.717, 1.165) is 16.8 Å². The second kappa shape index (κ2) is 6.84. The molecule has 2 rings (SSSR count). The van der Waals surface area contributed by atoms with Crippen molar-refractivity contribution in [3.05, 3.63) is 65.2 Å². The lowest BCUT2D eigenvalue weighted by atomic mass is 9.96. The van der Waals surface area contributed by atoms with Crippen LogP contribution in [-0.2, 0) is 11.2 Å². The zero-order chi connectivity index (χ0) is 15.2. The summed E-state index contributed by atoms with van der Waals surface area (Å²) in [5.74, 6) is -0.0347. The van der Waals surface area contributed by atoms with Crippen LogP contribution in [0.3, 0.4) is 0 Å². The van der Waals surface area contributed by atoms with E-state index in [1.54, 1.807) is 0 Å². The van der Waals surface area contributed by atoms with E-state index in [0.29, 0.717) is 18.4 Å². The molecule has 0 fully saturated rings. The van der Waals surface area contributed by atoms with Gasteiger partial charge in [-0.3, -0.25) is 9.59 Å². The van der Waals surface area contributed by atoms with E-state index in [9.17, 15) is 9.59 Å². The van der Waals surface area contributed by atoms with Crippen molar-refractivity contribution in [2.45, 2.75) is 26.7 Å². The highest BCUT2D eigenvalue weighted by atomic mass is 16.1. The monoisotopic (exact) mass is 281 g/mol. The van der Waals surface area contributed by atoms with Gasteiger partial charge in [0.05, 0.1) is 0 Å². The van der Waals surface area contributed by atoms with Crippen LogP contribution in [0.1, 0.15) is 34.8 Å². The summed E-state index contributed by atoms with van der Waals surface area (Å²) in [5, 5.41) is 2.88. The minimum atomic E-state index is -0.168. The Morgan fingerprint density at radius 2 is 1.71 bits per heavy atom. The summed E-state index contributed by atoms with van der Waals surface area (Å²) in [4.78, 5) is 24.2. The van der Waals surface area contributed by atoms with Crippen molar-refractivity contribution in [2.24, 2.45) is 0 Å². The molecule has 0 bridgehead atoms. The van der Waals surface area contributed by atoms with Crippen molar-refractivity contribution in [1.82, 2.24) is 0 Å². The van der Waals surface area contributed by atoms with Crippen LogP contribution in [0.15, 0.2) is 48.5 Å². The van der Waals surface area contributed by atoms with Crippen LogP contribution in [0.4, 0.5) is 5.69 Å². The van der Waals surface area contributed by atoms with Crippen molar-refractivity contribution in [3.63, 3.8) is 0 Å². The predicted octanol–water partition coefficient (Wildman–Crippen LogP) is 3.77. The Bertz CT molecular complexity index is 648. The van der Waals surface area contributed by atoms with E-state index < -0.39 is 0 Å². The minimum Gasteiger partial charge on any atom is -0.322 e. The highest BCUT2D eigenvalue weighted by Gasteiger charge is 2.16. The molecule has 2 aromatic carbocycles. The summed E-state index contributed by atoms with van der Waals surface area (Å²) < 4.78 is 0. The highest BCUT2D eigenvalue weighted by molar-refractivity contribution is 6.07. The second-order valence-electron chi connectivity index (χ2n) is 5.00. The molecular weight excluding hydrogens is 262 g/mol. The summed E-state index contributed by atoms with van der Waals surface area (Å²) >= 11 is 0. The van der Waals surface area contributed by atoms with Crippen molar-refractivity contribution >= 4 is 17.4 Å². The molecule has 0 saturated heterocycles. The Morgan fingerprint density at radius 3 is 2.38 bits per heavy atom. The van der Waals surface area contributed by atoms with Crippen LogP contribution in [0.5, 0.6) is 0 Å². The zero-order valence-electron chi connectivity index (χ0n) is 12.3. The lowest BCUT2D eigenvalue weighted by Crippen LogP contribution is -2.17. The number of hydrogen-bond donors (Lipinski definition) is 1. The van der Waals surface area contributed by atoms with Crippen molar-refractivity contribution in [2.75, 3.05) is 5.32 Å². The third kappa shape index (κ3) is 3.78. The number of aryl methyl sites for hydroxylation is 1. The van der Waals surface area contributed by atoms with Crippen LogP contribution in [0.2, 0.25) is 0 Å². The molecule has 0 spiro atoms. The molecular formula is C18H19NO2. The normalized spacial score (nSPS) is 10.2. The molecule has 0 atom stereocenters. The van der Waals surface area contributed by atoms with Gasteiger partial charge in [0.2, 0.25) is 0 Å². The first-order chi connectivity index (χ1) is 10.1. The maximum Gasteiger partial charge on any atom is 0.256 e. The fraction of sp³-hybridized carbons (Fsp3) is 0.222. The minimum absolute atomic E-state index is 0.134. The summed E-state index contributed by atoms with van der Waals surface area (Å²) in [7, 11) is 0. The Morgan fingerprint density at radius 1 is 1.00 bits per heavy atom. The van der Waals surface area contributed by atoms with Gasteiger partial charge in [0.15, 0.2) is 0 Å². The average molecular weight is 281 g/mol. The van der Waals surface area contributed by atoms with Gasteiger partial charge in [0, 0.05) is 24.1 Å². The number of Topliss-reactive ketones (excluding diaryl/α,β-unsaturated/α-hetero) is 1. The van der Waals surface area contributed by atoms with E-state index in [-0.39, 0.29) is 11.7 Å². The van der Waals surface area contributed by atoms with Gasteiger partial charge in [-0.25, -0.2) is 0 Å². The molecule has 21 heavy (non-hydrogen) atoms. The quantitative estimate of drug-likeness (QED) is 0.906. The number of benzene rings is 2. The van der Waals surface area contributed by atoms with Crippen LogP contribution < -0.4 is 5.32 Å². The summed E-state index contributed by atoms with van der Waals surface area (Å²) in [6.45, 7) is 3.72. The lowest BCUT2D eigenvalue weighted by Gasteiger charge is -2.12. The third-order valence-electron chi connectivity index (χ3n) is 3.40. The summed E-state index contributed by atoms with van der Waals surface area (Å²) in [6.07, 6.45) is 0.781. The van der Waals surface area contributed by atoms with Gasteiger partial charge in [-0.05, 0) is 30.2 Å². The first-order valence-electron chi connectivity index (χ1n) is 7.08. The third-order valence-corrected chi connectivity index (χ3v) is 3.40. The smallest absolute Gasteiger partial charge is 0.256 e. The number of hydrogen-bond acceptors (Lipinski definition) is 2. The first-order valence-corrected chi connectivity index (χ1v) is 7.08. The molecule has 0 radical (unpaired) electrons. The molecule has 0 heterocycles. The fourth-order valence-electron chi connectivity index (χ4n) is 2.25. The first kappa shape index (κ1) is 15.0. The van der Waals surface area contributed by atoms with E-state index >= 15 is 0 Å². The van der Waals surface area contributed by atoms with Gasteiger partial charge >= 0.3 is 0 Å². The van der Waals surface area contributed by atoms with Crippen LogP contribution >= 0.6 is 0 Å². The molecule has 0 aliphatic heterocycles. The van der Waals surface area contributed by atoms with Gasteiger partial charge < -0.3 is 5.32 Å². The number of ketones is 1. The van der Waals surface area contributed by atoms with Gasteiger partial charge in [-0.15, -0.1) is 0 Å². The summed E-state index contributed by atoms with van der Waals surface area (Å²) in [5.41, 5.74) is 3.02. The number of amides is 1. The molecule has 0 saturated carbocycles. The predicted molar refractivity (Wildman–Crippen MR) is 84.6 cm³/mol. The van der Waals surface area contributed by atoms with E-state index in [1.807, 2.05) is 62.4 Å². The van der Waals surface area contributed by atoms with Crippen LogP contribution in [0, 0.1) is 6.92 Å². The number of anilines is 1. The van der Waals surface area contributed by atoms with Crippen molar-refractivity contribution < 1.29 is 9.59 Å². The number of rotatable bonds is 5. The maximum atomic E-state index is 12.5. The van der Waals surface area contributed by atoms with Gasteiger partial charge in [0.1, 0.15) is 5.78 Å². The fourth-order valence-corrected chi connectivity index (χ4v) is 2.25. The molecule has 3 heteroatoms. The Kier molecular flexibility index (Phi) is 4.88. The number of para-hydroxylation sites is 1. The van der Waals surface area contributed by atoms with Gasteiger partial charge in [-0.1, -0.05) is 43.3 Å². The highest BCUT2D eigenvalue weighted by Crippen LogP contribution is 2.18. The molecule has 2 aromatic rings. The largest absolute Gasteiger partial charge is 0.322 e.